The summed E-state index contributed by atoms with van der Waals surface area (Å²) >= 11 is 0. The van der Waals surface area contributed by atoms with Crippen LogP contribution in [0.5, 0.6) is 0 Å². The van der Waals surface area contributed by atoms with Gasteiger partial charge in [0.15, 0.2) is 0 Å². The van der Waals surface area contributed by atoms with Crippen molar-refractivity contribution in [1.82, 2.24) is 0 Å². The molecule has 1 fully saturated rings. The zero-order chi connectivity index (χ0) is 15.0. The molecule has 0 aliphatic heterocycles. The first-order valence-corrected chi connectivity index (χ1v) is 6.47. The Morgan fingerprint density at radius 3 is 2.60 bits per heavy atom. The largest absolute Gasteiger partial charge is 0.444 e. The van der Waals surface area contributed by atoms with E-state index in [2.05, 4.69) is 11.4 Å². The molecule has 0 atom stereocenters. The number of hydrogen-bond acceptors (Lipinski definition) is 3. The molecule has 0 spiro atoms. The van der Waals surface area contributed by atoms with E-state index in [0.29, 0.717) is 0 Å². The lowest BCUT2D eigenvalue weighted by atomic mass is 9.97. The van der Waals surface area contributed by atoms with Gasteiger partial charge < -0.3 is 4.74 Å². The van der Waals surface area contributed by atoms with Crippen LogP contribution in [0.3, 0.4) is 0 Å². The summed E-state index contributed by atoms with van der Waals surface area (Å²) < 4.78 is 18.8. The minimum Gasteiger partial charge on any atom is -0.444 e. The molecule has 1 saturated carbocycles. The molecule has 20 heavy (non-hydrogen) atoms. The van der Waals surface area contributed by atoms with E-state index in [-0.39, 0.29) is 5.69 Å². The number of anilines is 1. The van der Waals surface area contributed by atoms with Crippen LogP contribution in [0.2, 0.25) is 0 Å². The Bertz CT molecular complexity index is 581. The molecule has 5 heteroatoms. The fraction of sp³-hybridized carbons (Fsp3) is 0.467. The zero-order valence-corrected chi connectivity index (χ0v) is 11.8. The lowest BCUT2D eigenvalue weighted by Crippen LogP contribution is -2.27. The number of nitrogens with zero attached hydrogens (tertiary/aromatic N) is 1. The molecule has 1 aliphatic carbocycles. The number of nitriles is 1. The van der Waals surface area contributed by atoms with E-state index in [1.54, 1.807) is 26.8 Å². The first-order chi connectivity index (χ1) is 9.26. The van der Waals surface area contributed by atoms with Gasteiger partial charge in [0.05, 0.1) is 17.2 Å². The SMILES string of the molecule is CC(C)(C)OC(=O)Nc1cc(C2(C#N)CC2)ccc1F. The Kier molecular flexibility index (Phi) is 3.43. The highest BCUT2D eigenvalue weighted by Crippen LogP contribution is 2.48. The monoisotopic (exact) mass is 276 g/mol. The highest BCUT2D eigenvalue weighted by molar-refractivity contribution is 5.85. The van der Waals surface area contributed by atoms with E-state index in [1.807, 2.05) is 0 Å². The lowest BCUT2D eigenvalue weighted by Gasteiger charge is -2.20. The molecule has 0 radical (unpaired) electrons. The fourth-order valence-electron chi connectivity index (χ4n) is 1.92. The van der Waals surface area contributed by atoms with Gasteiger partial charge in [0.1, 0.15) is 11.4 Å². The second-order valence-corrected chi connectivity index (χ2v) is 6.02. The van der Waals surface area contributed by atoms with Crippen LogP contribution < -0.4 is 5.32 Å². The first kappa shape index (κ1) is 14.3. The number of ether oxygens (including phenoxy) is 1. The van der Waals surface area contributed by atoms with E-state index < -0.39 is 22.9 Å². The van der Waals surface area contributed by atoms with Crippen LogP contribution in [-0.4, -0.2) is 11.7 Å². The third kappa shape index (κ3) is 3.08. The van der Waals surface area contributed by atoms with E-state index in [9.17, 15) is 9.18 Å². The maximum Gasteiger partial charge on any atom is 0.412 e. The van der Waals surface area contributed by atoms with Crippen LogP contribution in [0.15, 0.2) is 18.2 Å². The van der Waals surface area contributed by atoms with Crippen molar-refractivity contribution in [2.24, 2.45) is 0 Å². The number of carbonyl (C=O) groups is 1. The Morgan fingerprint density at radius 2 is 2.10 bits per heavy atom. The predicted octanol–water partition coefficient (Wildman–Crippen LogP) is 3.73. The standard InChI is InChI=1S/C15H17FN2O2/c1-14(2,3)20-13(19)18-12-8-10(4-5-11(12)16)15(9-17)6-7-15/h4-5,8H,6-7H2,1-3H3,(H,18,19). The molecule has 0 aromatic heterocycles. The van der Waals surface area contributed by atoms with E-state index in [1.165, 1.54) is 12.1 Å². The summed E-state index contributed by atoms with van der Waals surface area (Å²) in [7, 11) is 0. The molecule has 0 unspecified atom stereocenters. The van der Waals surface area contributed by atoms with Crippen LogP contribution >= 0.6 is 0 Å². The number of nitrogens with one attached hydrogen (secondary N) is 1. The predicted molar refractivity (Wildman–Crippen MR) is 72.8 cm³/mol. The maximum absolute atomic E-state index is 13.7. The average Bonchev–Trinajstić information content (AvgIpc) is 3.10. The minimum atomic E-state index is -0.713. The van der Waals surface area contributed by atoms with Gasteiger partial charge in [-0.3, -0.25) is 5.32 Å². The summed E-state index contributed by atoms with van der Waals surface area (Å²) in [5.74, 6) is -0.548. The second kappa shape index (κ2) is 4.78. The summed E-state index contributed by atoms with van der Waals surface area (Å²) in [4.78, 5) is 11.7. The molecule has 4 nitrogen and oxygen atoms in total. The molecule has 1 aromatic carbocycles. The Balaban J connectivity index is 2.18. The molecular formula is C15H17FN2O2. The molecule has 1 N–H and O–H groups in total. The molecule has 1 aliphatic rings. The van der Waals surface area contributed by atoms with Crippen molar-refractivity contribution in [3.63, 3.8) is 0 Å². The van der Waals surface area contributed by atoms with Gasteiger partial charge in [-0.2, -0.15) is 5.26 Å². The summed E-state index contributed by atoms with van der Waals surface area (Å²) in [6.45, 7) is 5.19. The smallest absolute Gasteiger partial charge is 0.412 e. The Hall–Kier alpha value is -2.09. The number of amides is 1. The minimum absolute atomic E-state index is 0.0401. The van der Waals surface area contributed by atoms with Gasteiger partial charge in [0, 0.05) is 0 Å². The van der Waals surface area contributed by atoms with Gasteiger partial charge in [0.25, 0.3) is 0 Å². The van der Waals surface area contributed by atoms with Crippen molar-refractivity contribution in [2.75, 3.05) is 5.32 Å². The van der Waals surface area contributed by atoms with Crippen molar-refractivity contribution in [2.45, 2.75) is 44.6 Å². The van der Waals surface area contributed by atoms with E-state index in [0.717, 1.165) is 18.4 Å². The van der Waals surface area contributed by atoms with Crippen molar-refractivity contribution >= 4 is 11.8 Å². The number of hydrogen-bond donors (Lipinski definition) is 1. The molecule has 2 rings (SSSR count). The molecule has 0 bridgehead atoms. The number of carbonyl (C=O) groups excluding carboxylic acids is 1. The van der Waals surface area contributed by atoms with Crippen LogP contribution in [-0.2, 0) is 10.2 Å². The normalized spacial score (nSPS) is 16.1. The van der Waals surface area contributed by atoms with Gasteiger partial charge in [-0.05, 0) is 51.3 Å². The van der Waals surface area contributed by atoms with Gasteiger partial charge >= 0.3 is 6.09 Å². The molecule has 0 heterocycles. The van der Waals surface area contributed by atoms with Crippen LogP contribution in [0, 0.1) is 17.1 Å². The van der Waals surface area contributed by atoms with Gasteiger partial charge in [0.2, 0.25) is 0 Å². The van der Waals surface area contributed by atoms with Gasteiger partial charge in [-0.25, -0.2) is 9.18 Å². The van der Waals surface area contributed by atoms with Crippen molar-refractivity contribution in [3.05, 3.63) is 29.6 Å². The van der Waals surface area contributed by atoms with Crippen molar-refractivity contribution in [1.29, 1.82) is 5.26 Å². The summed E-state index contributed by atoms with van der Waals surface area (Å²) in [5, 5.41) is 11.5. The first-order valence-electron chi connectivity index (χ1n) is 6.47. The number of benzene rings is 1. The van der Waals surface area contributed by atoms with Crippen LogP contribution in [0.4, 0.5) is 14.9 Å². The molecule has 1 aromatic rings. The van der Waals surface area contributed by atoms with Crippen molar-refractivity contribution in [3.8, 4) is 6.07 Å². The summed E-state index contributed by atoms with van der Waals surface area (Å²) in [5.41, 5.74) is -0.397. The van der Waals surface area contributed by atoms with E-state index in [4.69, 9.17) is 10.00 Å². The van der Waals surface area contributed by atoms with E-state index >= 15 is 0 Å². The van der Waals surface area contributed by atoms with Gasteiger partial charge in [-0.1, -0.05) is 6.07 Å². The quantitative estimate of drug-likeness (QED) is 0.895. The number of rotatable bonds is 2. The zero-order valence-electron chi connectivity index (χ0n) is 11.8. The molecule has 1 amide bonds. The highest BCUT2D eigenvalue weighted by atomic mass is 19.1. The summed E-state index contributed by atoms with van der Waals surface area (Å²) in [6.07, 6.45) is 0.817. The number of halogens is 1. The lowest BCUT2D eigenvalue weighted by molar-refractivity contribution is 0.0635. The third-order valence-corrected chi connectivity index (χ3v) is 3.12. The Morgan fingerprint density at radius 1 is 1.45 bits per heavy atom. The second-order valence-electron chi connectivity index (χ2n) is 6.02. The Labute approximate surface area is 117 Å². The third-order valence-electron chi connectivity index (χ3n) is 3.12. The van der Waals surface area contributed by atoms with Crippen LogP contribution in [0.25, 0.3) is 0 Å². The molecule has 106 valence electrons. The fourth-order valence-corrected chi connectivity index (χ4v) is 1.92. The average molecular weight is 276 g/mol. The molecular weight excluding hydrogens is 259 g/mol. The van der Waals surface area contributed by atoms with Crippen LogP contribution in [0.1, 0.15) is 39.2 Å². The van der Waals surface area contributed by atoms with Gasteiger partial charge in [-0.15, -0.1) is 0 Å². The highest BCUT2D eigenvalue weighted by Gasteiger charge is 2.45. The van der Waals surface area contributed by atoms with Crippen molar-refractivity contribution < 1.29 is 13.9 Å². The molecule has 0 saturated heterocycles. The summed E-state index contributed by atoms with van der Waals surface area (Å²) in [6, 6.07) is 6.60. The topological polar surface area (TPSA) is 62.1 Å². The maximum atomic E-state index is 13.7.